The summed E-state index contributed by atoms with van der Waals surface area (Å²) in [5.41, 5.74) is -1.05. The fraction of sp³-hybridized carbons (Fsp3) is 0.929. The lowest BCUT2D eigenvalue weighted by molar-refractivity contribution is -0.156. The Hall–Kier alpha value is -0.820. The molecule has 4 nitrogen and oxygen atoms in total. The highest BCUT2D eigenvalue weighted by Crippen LogP contribution is 2.35. The Morgan fingerprint density at radius 2 is 2.05 bits per heavy atom. The molecule has 2 aliphatic carbocycles. The number of rotatable bonds is 6. The molecule has 0 radical (unpaired) electrons. The Kier molecular flexibility index (Phi) is 4.82. The van der Waals surface area contributed by atoms with Gasteiger partial charge in [0.05, 0.1) is 6.54 Å². The lowest BCUT2D eigenvalue weighted by Gasteiger charge is -2.43. The van der Waals surface area contributed by atoms with Crippen LogP contribution in [0.3, 0.4) is 0 Å². The van der Waals surface area contributed by atoms with Crippen LogP contribution in [0.2, 0.25) is 0 Å². The van der Waals surface area contributed by atoms with Gasteiger partial charge in [-0.1, -0.05) is 6.92 Å². The molecule has 0 aromatic carbocycles. The standard InChI is InChI=1S/C14H23F3N2O2/c1-2-19(9-14(15,16)17)11-4-3-7-13(8-11,12(20)21)18-10-5-6-10/h10-11,18H,2-9H2,1H3,(H,20,21). The summed E-state index contributed by atoms with van der Waals surface area (Å²) in [5.74, 6) is -0.929. The van der Waals surface area contributed by atoms with Crippen molar-refractivity contribution in [3.63, 3.8) is 0 Å². The third-order valence-electron chi connectivity index (χ3n) is 4.50. The summed E-state index contributed by atoms with van der Waals surface area (Å²) in [6.07, 6.45) is -0.305. The molecule has 0 bridgehead atoms. The average Bonchev–Trinajstić information content (AvgIpc) is 3.18. The highest BCUT2D eigenvalue weighted by atomic mass is 19.4. The molecule has 21 heavy (non-hydrogen) atoms. The third-order valence-corrected chi connectivity index (χ3v) is 4.50. The fourth-order valence-electron chi connectivity index (χ4n) is 3.29. The Labute approximate surface area is 122 Å². The van der Waals surface area contributed by atoms with Crippen LogP contribution < -0.4 is 5.32 Å². The number of nitrogens with zero attached hydrogens (tertiary/aromatic N) is 1. The van der Waals surface area contributed by atoms with Gasteiger partial charge >= 0.3 is 12.1 Å². The van der Waals surface area contributed by atoms with Crippen LogP contribution >= 0.6 is 0 Å². The molecule has 0 aromatic rings. The molecule has 122 valence electrons. The molecule has 0 saturated heterocycles. The van der Waals surface area contributed by atoms with E-state index in [-0.39, 0.29) is 25.0 Å². The summed E-state index contributed by atoms with van der Waals surface area (Å²) in [6.45, 7) is 1.01. The second-order valence-electron chi connectivity index (χ2n) is 6.23. The topological polar surface area (TPSA) is 52.6 Å². The molecule has 0 spiro atoms. The third kappa shape index (κ3) is 4.32. The van der Waals surface area contributed by atoms with Gasteiger partial charge in [-0.05, 0) is 45.1 Å². The molecule has 2 unspecified atom stereocenters. The molecule has 2 saturated carbocycles. The minimum Gasteiger partial charge on any atom is -0.480 e. The van der Waals surface area contributed by atoms with Crippen molar-refractivity contribution in [2.45, 2.75) is 69.2 Å². The predicted octanol–water partition coefficient (Wildman–Crippen LogP) is 2.39. The Balaban J connectivity index is 2.07. The number of halogens is 3. The zero-order chi connectivity index (χ0) is 15.7. The number of hydrogen-bond acceptors (Lipinski definition) is 3. The molecule has 0 amide bonds. The van der Waals surface area contributed by atoms with Crippen molar-refractivity contribution in [1.29, 1.82) is 0 Å². The van der Waals surface area contributed by atoms with Crippen molar-refractivity contribution in [2.75, 3.05) is 13.1 Å². The van der Waals surface area contributed by atoms with Crippen molar-refractivity contribution in [3.05, 3.63) is 0 Å². The van der Waals surface area contributed by atoms with Gasteiger partial charge in [0.25, 0.3) is 0 Å². The maximum Gasteiger partial charge on any atom is 0.401 e. The first-order chi connectivity index (χ1) is 9.76. The summed E-state index contributed by atoms with van der Waals surface area (Å²) < 4.78 is 37.9. The molecular weight excluding hydrogens is 285 g/mol. The lowest BCUT2D eigenvalue weighted by Crippen LogP contribution is -2.59. The minimum absolute atomic E-state index is 0.220. The van der Waals surface area contributed by atoms with Gasteiger partial charge in [-0.15, -0.1) is 0 Å². The first kappa shape index (κ1) is 16.5. The van der Waals surface area contributed by atoms with Crippen molar-refractivity contribution in [3.8, 4) is 0 Å². The smallest absolute Gasteiger partial charge is 0.401 e. The summed E-state index contributed by atoms with van der Waals surface area (Å²) >= 11 is 0. The molecule has 7 heteroatoms. The van der Waals surface area contributed by atoms with Gasteiger partial charge in [0, 0.05) is 12.1 Å². The van der Waals surface area contributed by atoms with Gasteiger partial charge in [0.1, 0.15) is 5.54 Å². The van der Waals surface area contributed by atoms with E-state index in [1.807, 2.05) is 0 Å². The summed E-state index contributed by atoms with van der Waals surface area (Å²) in [5, 5.41) is 12.7. The maximum atomic E-state index is 12.6. The first-order valence-electron chi connectivity index (χ1n) is 7.57. The first-order valence-corrected chi connectivity index (χ1v) is 7.57. The van der Waals surface area contributed by atoms with Gasteiger partial charge in [-0.2, -0.15) is 13.2 Å². The minimum atomic E-state index is -4.25. The quantitative estimate of drug-likeness (QED) is 0.791. The molecule has 0 heterocycles. The Morgan fingerprint density at radius 3 is 2.52 bits per heavy atom. The van der Waals surface area contributed by atoms with E-state index in [1.54, 1.807) is 6.92 Å². The Bertz CT molecular complexity index is 385. The van der Waals surface area contributed by atoms with Crippen LogP contribution in [-0.4, -0.2) is 52.9 Å². The van der Waals surface area contributed by atoms with E-state index in [0.29, 0.717) is 19.3 Å². The van der Waals surface area contributed by atoms with Gasteiger partial charge in [-0.3, -0.25) is 15.0 Å². The second-order valence-corrected chi connectivity index (χ2v) is 6.23. The molecule has 2 fully saturated rings. The van der Waals surface area contributed by atoms with Crippen LogP contribution in [0.1, 0.15) is 45.4 Å². The number of carboxylic acids is 1. The van der Waals surface area contributed by atoms with E-state index in [1.165, 1.54) is 4.90 Å². The molecule has 2 rings (SSSR count). The van der Waals surface area contributed by atoms with Crippen molar-refractivity contribution >= 4 is 5.97 Å². The van der Waals surface area contributed by atoms with Gasteiger partial charge in [0.2, 0.25) is 0 Å². The van der Waals surface area contributed by atoms with Crippen LogP contribution in [0.25, 0.3) is 0 Å². The number of carbonyl (C=O) groups is 1. The molecule has 2 aliphatic rings. The van der Waals surface area contributed by atoms with Crippen LogP contribution in [0.15, 0.2) is 0 Å². The molecule has 0 aliphatic heterocycles. The fourth-order valence-corrected chi connectivity index (χ4v) is 3.29. The number of alkyl halides is 3. The van der Waals surface area contributed by atoms with E-state index < -0.39 is 24.2 Å². The SMILES string of the molecule is CCN(CC(F)(F)F)C1CCCC(NC2CC2)(C(=O)O)C1. The highest BCUT2D eigenvalue weighted by molar-refractivity contribution is 5.79. The number of hydrogen-bond donors (Lipinski definition) is 2. The Morgan fingerprint density at radius 1 is 1.38 bits per heavy atom. The predicted molar refractivity (Wildman–Crippen MR) is 72.1 cm³/mol. The van der Waals surface area contributed by atoms with E-state index >= 15 is 0 Å². The summed E-state index contributed by atoms with van der Waals surface area (Å²) in [6, 6.07) is -0.106. The van der Waals surface area contributed by atoms with E-state index in [9.17, 15) is 23.1 Å². The van der Waals surface area contributed by atoms with Gasteiger partial charge in [-0.25, -0.2) is 0 Å². The van der Waals surface area contributed by atoms with Crippen LogP contribution in [-0.2, 0) is 4.79 Å². The highest BCUT2D eigenvalue weighted by Gasteiger charge is 2.47. The number of aliphatic carboxylic acids is 1. The number of nitrogens with one attached hydrogen (secondary N) is 1. The van der Waals surface area contributed by atoms with Crippen LogP contribution in [0.4, 0.5) is 13.2 Å². The van der Waals surface area contributed by atoms with Crippen molar-refractivity contribution in [2.24, 2.45) is 0 Å². The lowest BCUT2D eigenvalue weighted by atomic mass is 9.78. The molecular formula is C14H23F3N2O2. The normalized spacial score (nSPS) is 30.6. The van der Waals surface area contributed by atoms with Crippen molar-refractivity contribution < 1.29 is 23.1 Å². The second kappa shape index (κ2) is 6.12. The van der Waals surface area contributed by atoms with Crippen LogP contribution in [0.5, 0.6) is 0 Å². The largest absolute Gasteiger partial charge is 0.480 e. The maximum absolute atomic E-state index is 12.6. The average molecular weight is 308 g/mol. The van der Waals surface area contributed by atoms with Crippen LogP contribution in [0, 0.1) is 0 Å². The van der Waals surface area contributed by atoms with Gasteiger partial charge < -0.3 is 5.11 Å². The van der Waals surface area contributed by atoms with E-state index in [2.05, 4.69) is 5.32 Å². The zero-order valence-corrected chi connectivity index (χ0v) is 12.2. The zero-order valence-electron chi connectivity index (χ0n) is 12.2. The number of carboxylic acid groups (broad SMARTS) is 1. The molecule has 2 atom stereocenters. The summed E-state index contributed by atoms with van der Waals surface area (Å²) in [7, 11) is 0. The van der Waals surface area contributed by atoms with Crippen molar-refractivity contribution in [1.82, 2.24) is 10.2 Å². The summed E-state index contributed by atoms with van der Waals surface area (Å²) in [4.78, 5) is 13.0. The molecule has 0 aromatic heterocycles. The van der Waals surface area contributed by atoms with E-state index in [4.69, 9.17) is 0 Å². The van der Waals surface area contributed by atoms with E-state index in [0.717, 1.165) is 12.8 Å². The van der Waals surface area contributed by atoms with Gasteiger partial charge in [0.15, 0.2) is 0 Å². The monoisotopic (exact) mass is 308 g/mol. The molecule has 2 N–H and O–H groups in total.